The molecule has 0 aliphatic carbocycles. The number of aromatic nitrogens is 2. The van der Waals surface area contributed by atoms with Crippen molar-refractivity contribution < 1.29 is 18.3 Å². The summed E-state index contributed by atoms with van der Waals surface area (Å²) in [6.45, 7) is 0. The van der Waals surface area contributed by atoms with Crippen LogP contribution in [0.3, 0.4) is 0 Å². The highest BCUT2D eigenvalue weighted by Gasteiger charge is 2.31. The van der Waals surface area contributed by atoms with Gasteiger partial charge in [-0.2, -0.15) is 13.2 Å². The van der Waals surface area contributed by atoms with Crippen LogP contribution in [0.2, 0.25) is 10.0 Å². The minimum atomic E-state index is -4.51. The lowest BCUT2D eigenvalue weighted by Gasteiger charge is -2.13. The second-order valence-corrected chi connectivity index (χ2v) is 6.75. The Morgan fingerprint density at radius 2 is 1.88 bits per heavy atom. The van der Waals surface area contributed by atoms with Crippen LogP contribution < -0.4 is 4.72 Å². The molecule has 0 saturated carbocycles. The molecule has 3 rings (SSSR count). The summed E-state index contributed by atoms with van der Waals surface area (Å²) in [4.78, 5) is 3.84. The molecule has 2 heterocycles. The SMILES string of the molecule is Oc1cc(NSc2cccn2-c2ncc(C(F)(F)F)cc2Cl)ccc1Cl. The zero-order valence-electron chi connectivity index (χ0n) is 12.8. The van der Waals surface area contributed by atoms with Crippen molar-refractivity contribution in [2.45, 2.75) is 11.2 Å². The molecule has 2 N–H and O–H groups in total. The van der Waals surface area contributed by atoms with Crippen LogP contribution in [0.25, 0.3) is 5.82 Å². The van der Waals surface area contributed by atoms with Crippen LogP contribution in [-0.2, 0) is 6.18 Å². The van der Waals surface area contributed by atoms with Gasteiger partial charge in [-0.15, -0.1) is 0 Å². The monoisotopic (exact) mass is 419 g/mol. The number of alkyl halides is 3. The minimum absolute atomic E-state index is 0.0694. The Balaban J connectivity index is 1.83. The quantitative estimate of drug-likeness (QED) is 0.507. The molecule has 0 radical (unpaired) electrons. The normalized spacial score (nSPS) is 11.6. The third-order valence-electron chi connectivity index (χ3n) is 3.31. The molecule has 26 heavy (non-hydrogen) atoms. The maximum atomic E-state index is 12.7. The van der Waals surface area contributed by atoms with Crippen LogP contribution in [0, 0.1) is 0 Å². The summed E-state index contributed by atoms with van der Waals surface area (Å²) in [5.74, 6) is 0.105. The lowest BCUT2D eigenvalue weighted by Crippen LogP contribution is -2.08. The Morgan fingerprint density at radius 1 is 1.12 bits per heavy atom. The fraction of sp³-hybridized carbons (Fsp3) is 0.0625. The highest BCUT2D eigenvalue weighted by molar-refractivity contribution is 8.00. The van der Waals surface area contributed by atoms with Gasteiger partial charge in [0.1, 0.15) is 10.8 Å². The molecule has 0 spiro atoms. The topological polar surface area (TPSA) is 50.1 Å². The lowest BCUT2D eigenvalue weighted by atomic mass is 10.3. The minimum Gasteiger partial charge on any atom is -0.506 e. The Morgan fingerprint density at radius 3 is 2.54 bits per heavy atom. The fourth-order valence-corrected chi connectivity index (χ4v) is 3.19. The average Bonchev–Trinajstić information content (AvgIpc) is 3.03. The van der Waals surface area contributed by atoms with Gasteiger partial charge in [0.25, 0.3) is 0 Å². The van der Waals surface area contributed by atoms with Crippen molar-refractivity contribution in [3.05, 3.63) is 64.4 Å². The molecule has 10 heteroatoms. The third kappa shape index (κ3) is 4.03. The average molecular weight is 420 g/mol. The van der Waals surface area contributed by atoms with Crippen LogP contribution in [0.15, 0.2) is 53.8 Å². The number of nitrogens with zero attached hydrogens (tertiary/aromatic N) is 2. The van der Waals surface area contributed by atoms with E-state index in [0.29, 0.717) is 10.7 Å². The number of pyridine rings is 1. The van der Waals surface area contributed by atoms with E-state index in [1.807, 2.05) is 0 Å². The number of halogens is 5. The van der Waals surface area contributed by atoms with Gasteiger partial charge < -0.3 is 9.83 Å². The Labute approximate surface area is 160 Å². The largest absolute Gasteiger partial charge is 0.506 e. The number of phenolic OH excluding ortho intramolecular Hbond substituents is 1. The van der Waals surface area contributed by atoms with Gasteiger partial charge in [-0.05, 0) is 30.3 Å². The van der Waals surface area contributed by atoms with E-state index in [1.54, 1.807) is 29.0 Å². The first-order valence-corrected chi connectivity index (χ1v) is 8.65. The molecule has 136 valence electrons. The zero-order chi connectivity index (χ0) is 18.9. The van der Waals surface area contributed by atoms with Crippen LogP contribution in [0.1, 0.15) is 5.56 Å². The standard InChI is InChI=1S/C16H10Cl2F3N3OS/c17-11-4-3-10(7-13(11)25)23-26-14-2-1-5-24(14)15-12(18)6-9(8-22-15)16(19,20)21/h1-8,23,25H. The van der Waals surface area contributed by atoms with Crippen LogP contribution >= 0.6 is 35.1 Å². The molecular weight excluding hydrogens is 410 g/mol. The summed E-state index contributed by atoms with van der Waals surface area (Å²) in [5, 5.41) is 10.3. The molecule has 0 aliphatic rings. The number of hydrogen-bond donors (Lipinski definition) is 2. The Kier molecular flexibility index (Phi) is 5.27. The van der Waals surface area contributed by atoms with Crippen molar-refractivity contribution in [1.82, 2.24) is 9.55 Å². The van der Waals surface area contributed by atoms with Gasteiger partial charge in [0.2, 0.25) is 0 Å². The molecule has 0 aliphatic heterocycles. The summed E-state index contributed by atoms with van der Waals surface area (Å²) in [5.41, 5.74) is -0.321. The summed E-state index contributed by atoms with van der Waals surface area (Å²) in [7, 11) is 0. The van der Waals surface area contributed by atoms with Gasteiger partial charge in [0.05, 0.1) is 15.6 Å². The van der Waals surface area contributed by atoms with Gasteiger partial charge in [0.15, 0.2) is 5.82 Å². The molecule has 3 aromatic rings. The van der Waals surface area contributed by atoms with Crippen LogP contribution in [0.5, 0.6) is 5.75 Å². The van der Waals surface area contributed by atoms with Gasteiger partial charge in [-0.3, -0.25) is 4.57 Å². The van der Waals surface area contributed by atoms with E-state index in [4.69, 9.17) is 23.2 Å². The highest BCUT2D eigenvalue weighted by Crippen LogP contribution is 2.34. The van der Waals surface area contributed by atoms with Gasteiger partial charge >= 0.3 is 6.18 Å². The number of hydrogen-bond acceptors (Lipinski definition) is 4. The first-order valence-electron chi connectivity index (χ1n) is 7.07. The molecule has 0 atom stereocenters. The van der Waals surface area contributed by atoms with Crippen molar-refractivity contribution in [1.29, 1.82) is 0 Å². The number of anilines is 1. The fourth-order valence-electron chi connectivity index (χ4n) is 2.07. The van der Waals surface area contributed by atoms with Gasteiger partial charge in [0, 0.05) is 36.1 Å². The molecule has 4 nitrogen and oxygen atoms in total. The second kappa shape index (κ2) is 7.30. The zero-order valence-corrected chi connectivity index (χ0v) is 15.1. The van der Waals surface area contributed by atoms with Crippen molar-refractivity contribution in [2.75, 3.05) is 4.72 Å². The molecule has 0 fully saturated rings. The number of phenols is 1. The third-order valence-corrected chi connectivity index (χ3v) is 4.79. The van der Waals surface area contributed by atoms with E-state index in [0.717, 1.165) is 12.3 Å². The van der Waals surface area contributed by atoms with E-state index in [-0.39, 0.29) is 21.6 Å². The van der Waals surface area contributed by atoms with E-state index in [1.165, 1.54) is 24.1 Å². The number of nitrogens with one attached hydrogen (secondary N) is 1. The lowest BCUT2D eigenvalue weighted by molar-refractivity contribution is -0.137. The molecule has 0 unspecified atom stereocenters. The highest BCUT2D eigenvalue weighted by atomic mass is 35.5. The molecular formula is C16H10Cl2F3N3OS. The van der Waals surface area contributed by atoms with Gasteiger partial charge in [-0.1, -0.05) is 23.2 Å². The predicted octanol–water partition coefficient (Wildman–Crippen LogP) is 6.02. The molecule has 0 saturated heterocycles. The van der Waals surface area contributed by atoms with E-state index < -0.39 is 11.7 Å². The molecule has 2 aromatic heterocycles. The Bertz CT molecular complexity index is 947. The van der Waals surface area contributed by atoms with Crippen LogP contribution in [0.4, 0.5) is 18.9 Å². The van der Waals surface area contributed by atoms with Crippen molar-refractivity contribution >= 4 is 40.8 Å². The molecule has 1 aromatic carbocycles. The number of aromatic hydroxyl groups is 1. The first-order chi connectivity index (χ1) is 12.3. The maximum Gasteiger partial charge on any atom is 0.417 e. The number of benzene rings is 1. The van der Waals surface area contributed by atoms with Crippen molar-refractivity contribution in [3.8, 4) is 11.6 Å². The second-order valence-electron chi connectivity index (χ2n) is 5.11. The number of rotatable bonds is 4. The molecule has 0 amide bonds. The maximum absolute atomic E-state index is 12.7. The van der Waals surface area contributed by atoms with E-state index >= 15 is 0 Å². The summed E-state index contributed by atoms with van der Waals surface area (Å²) >= 11 is 12.9. The van der Waals surface area contributed by atoms with E-state index in [9.17, 15) is 18.3 Å². The van der Waals surface area contributed by atoms with Gasteiger partial charge in [-0.25, -0.2) is 4.98 Å². The molecule has 0 bridgehead atoms. The summed E-state index contributed by atoms with van der Waals surface area (Å²) in [6.07, 6.45) is -2.15. The Hall–Kier alpha value is -2.03. The summed E-state index contributed by atoms with van der Waals surface area (Å²) in [6, 6.07) is 8.94. The van der Waals surface area contributed by atoms with Crippen molar-refractivity contribution in [3.63, 3.8) is 0 Å². The van der Waals surface area contributed by atoms with E-state index in [2.05, 4.69) is 9.71 Å². The smallest absolute Gasteiger partial charge is 0.417 e. The van der Waals surface area contributed by atoms with Crippen molar-refractivity contribution in [2.24, 2.45) is 0 Å². The first kappa shape index (κ1) is 18.8. The van der Waals surface area contributed by atoms with Crippen LogP contribution in [-0.4, -0.2) is 14.7 Å². The predicted molar refractivity (Wildman–Crippen MR) is 96.2 cm³/mol. The summed E-state index contributed by atoms with van der Waals surface area (Å²) < 4.78 is 42.8.